The fourth-order valence-electron chi connectivity index (χ4n) is 6.13. The van der Waals surface area contributed by atoms with Crippen LogP contribution in [0.5, 0.6) is 11.5 Å². The fourth-order valence-corrected chi connectivity index (χ4v) is 7.49. The summed E-state index contributed by atoms with van der Waals surface area (Å²) in [5, 5.41) is -0.00332. The summed E-state index contributed by atoms with van der Waals surface area (Å²) in [6, 6.07) is 1.54. The van der Waals surface area contributed by atoms with Crippen LogP contribution >= 0.6 is 0 Å². The molecule has 2 aliphatic heterocycles. The monoisotopic (exact) mass is 558 g/mol. The molecule has 39 heavy (non-hydrogen) atoms. The van der Waals surface area contributed by atoms with E-state index in [4.69, 9.17) is 23.4 Å². The first-order chi connectivity index (χ1) is 18.0. The molecule has 1 saturated carbocycles. The molecule has 1 fully saturated rings. The van der Waals surface area contributed by atoms with E-state index in [2.05, 4.69) is 33.9 Å². The van der Waals surface area contributed by atoms with Gasteiger partial charge in [-0.05, 0) is 63.9 Å². The van der Waals surface area contributed by atoms with Crippen molar-refractivity contribution in [2.75, 3.05) is 14.2 Å². The van der Waals surface area contributed by atoms with Crippen molar-refractivity contribution in [1.82, 2.24) is 0 Å². The van der Waals surface area contributed by atoms with E-state index in [1.165, 1.54) is 14.2 Å². The number of rotatable bonds is 7. The molecule has 9 heteroatoms. The predicted molar refractivity (Wildman–Crippen MR) is 149 cm³/mol. The van der Waals surface area contributed by atoms with Crippen LogP contribution in [0.15, 0.2) is 17.7 Å². The van der Waals surface area contributed by atoms with Gasteiger partial charge >= 0.3 is 11.9 Å². The van der Waals surface area contributed by atoms with Crippen LogP contribution in [0.3, 0.4) is 0 Å². The average Bonchev–Trinajstić information content (AvgIpc) is 3.22. The molecule has 1 aliphatic carbocycles. The number of hydrogen-bond donors (Lipinski definition) is 0. The first kappa shape index (κ1) is 29.3. The molecular weight excluding hydrogens is 516 g/mol. The molecule has 0 N–H and O–H groups in total. The summed E-state index contributed by atoms with van der Waals surface area (Å²) in [6.07, 6.45) is 2.72. The second-order valence-electron chi connectivity index (χ2n) is 13.0. The highest BCUT2D eigenvalue weighted by Crippen LogP contribution is 2.61. The molecule has 2 heterocycles. The normalized spacial score (nSPS) is 27.0. The molecule has 0 saturated heterocycles. The van der Waals surface area contributed by atoms with Gasteiger partial charge in [0.1, 0.15) is 28.8 Å². The minimum Gasteiger partial charge on any atom is -0.486 e. The van der Waals surface area contributed by atoms with Crippen LogP contribution in [0.2, 0.25) is 18.1 Å². The Kier molecular flexibility index (Phi) is 7.57. The highest BCUT2D eigenvalue weighted by molar-refractivity contribution is 6.74. The summed E-state index contributed by atoms with van der Waals surface area (Å²) in [6.45, 7) is 16.8. The number of ketones is 1. The minimum absolute atomic E-state index is 0.00332. The van der Waals surface area contributed by atoms with Gasteiger partial charge in [0.2, 0.25) is 0 Å². The van der Waals surface area contributed by atoms with Gasteiger partial charge in [0, 0.05) is 17.4 Å². The van der Waals surface area contributed by atoms with Crippen molar-refractivity contribution in [3.8, 4) is 11.5 Å². The minimum atomic E-state index is -2.17. The second-order valence-corrected chi connectivity index (χ2v) is 17.8. The number of esters is 2. The van der Waals surface area contributed by atoms with Gasteiger partial charge in [0.05, 0.1) is 32.3 Å². The molecular formula is C30H42O8Si. The highest BCUT2D eigenvalue weighted by atomic mass is 28.4. The number of benzene rings is 1. The summed E-state index contributed by atoms with van der Waals surface area (Å²) in [7, 11) is 0.356. The van der Waals surface area contributed by atoms with Crippen LogP contribution in [0.4, 0.5) is 0 Å². The highest BCUT2D eigenvalue weighted by Gasteiger charge is 2.60. The zero-order chi connectivity index (χ0) is 29.1. The summed E-state index contributed by atoms with van der Waals surface area (Å²) in [5.74, 6) is -0.903. The maximum Gasteiger partial charge on any atom is 0.342 e. The Balaban J connectivity index is 1.89. The van der Waals surface area contributed by atoms with Gasteiger partial charge in [-0.2, -0.15) is 0 Å². The lowest BCUT2D eigenvalue weighted by Gasteiger charge is -2.51. The van der Waals surface area contributed by atoms with Gasteiger partial charge in [-0.15, -0.1) is 0 Å². The molecule has 0 aromatic heterocycles. The molecule has 0 unspecified atom stereocenters. The molecule has 0 spiro atoms. The van der Waals surface area contributed by atoms with Crippen LogP contribution < -0.4 is 9.47 Å². The molecule has 214 valence electrons. The van der Waals surface area contributed by atoms with Crippen LogP contribution in [0.25, 0.3) is 0 Å². The first-order valence-corrected chi connectivity index (χ1v) is 16.5. The largest absolute Gasteiger partial charge is 0.486 e. The van der Waals surface area contributed by atoms with E-state index >= 15 is 0 Å². The van der Waals surface area contributed by atoms with Gasteiger partial charge in [-0.3, -0.25) is 4.79 Å². The van der Waals surface area contributed by atoms with Gasteiger partial charge in [0.25, 0.3) is 0 Å². The maximum atomic E-state index is 13.0. The molecule has 4 rings (SSSR count). The Morgan fingerprint density at radius 3 is 2.31 bits per heavy atom. The Morgan fingerprint density at radius 2 is 1.74 bits per heavy atom. The molecule has 0 bridgehead atoms. The topological polar surface area (TPSA) is 97.4 Å². The van der Waals surface area contributed by atoms with Crippen molar-refractivity contribution in [3.63, 3.8) is 0 Å². The molecule has 0 amide bonds. The molecule has 0 radical (unpaired) electrons. The lowest BCUT2D eigenvalue weighted by atomic mass is 9.63. The average molecular weight is 559 g/mol. The fraction of sp³-hybridized carbons (Fsp3) is 0.633. The van der Waals surface area contributed by atoms with Crippen LogP contribution in [0.1, 0.15) is 93.0 Å². The van der Waals surface area contributed by atoms with E-state index < -0.39 is 32.0 Å². The smallest absolute Gasteiger partial charge is 0.342 e. The number of methoxy groups -OCH3 is 2. The molecule has 5 atom stereocenters. The maximum absolute atomic E-state index is 13.0. The van der Waals surface area contributed by atoms with E-state index in [1.807, 2.05) is 20.8 Å². The molecule has 3 aliphatic rings. The Bertz CT molecular complexity index is 1220. The van der Waals surface area contributed by atoms with Crippen molar-refractivity contribution in [2.24, 2.45) is 5.92 Å². The Labute approximate surface area is 232 Å². The third kappa shape index (κ3) is 5.04. The number of hydrogen-bond acceptors (Lipinski definition) is 8. The summed E-state index contributed by atoms with van der Waals surface area (Å²) < 4.78 is 30.3. The lowest BCUT2D eigenvalue weighted by Crippen LogP contribution is -2.57. The van der Waals surface area contributed by atoms with Crippen molar-refractivity contribution in [1.29, 1.82) is 0 Å². The number of carbonyl (C=O) groups is 3. The summed E-state index contributed by atoms with van der Waals surface area (Å²) in [5.41, 5.74) is 0.872. The predicted octanol–water partition coefficient (Wildman–Crippen LogP) is 5.98. The lowest BCUT2D eigenvalue weighted by molar-refractivity contribution is -0.124. The van der Waals surface area contributed by atoms with E-state index in [0.29, 0.717) is 11.5 Å². The molecule has 1 aromatic carbocycles. The Morgan fingerprint density at radius 1 is 1.10 bits per heavy atom. The van der Waals surface area contributed by atoms with Gasteiger partial charge in [-0.1, -0.05) is 26.3 Å². The number of ether oxygens (including phenoxy) is 4. The third-order valence-corrected chi connectivity index (χ3v) is 13.4. The van der Waals surface area contributed by atoms with E-state index in [1.54, 1.807) is 12.1 Å². The van der Waals surface area contributed by atoms with Crippen molar-refractivity contribution in [2.45, 2.75) is 103 Å². The van der Waals surface area contributed by atoms with Crippen LogP contribution in [0, 0.1) is 5.92 Å². The number of carbonyl (C=O) groups excluding carboxylic acids is 3. The van der Waals surface area contributed by atoms with Gasteiger partial charge in [-0.25, -0.2) is 9.59 Å². The quantitative estimate of drug-likeness (QED) is 0.229. The van der Waals surface area contributed by atoms with E-state index in [-0.39, 0.29) is 46.3 Å². The van der Waals surface area contributed by atoms with Gasteiger partial charge < -0.3 is 23.4 Å². The second kappa shape index (κ2) is 10.1. The SMILES string of the molecule is COC(=O)c1cc2c3c(c1C(=O)OC)O[C@@H]1[C@H]3[C@@H](CC[C@H]1O[Si](C)(C)C(C)(C)C)[C@](C)(CC(=O)C=C(C)C)O2. The van der Waals surface area contributed by atoms with Crippen LogP contribution in [-0.2, 0) is 18.7 Å². The number of allylic oxidation sites excluding steroid dienone is 2. The zero-order valence-corrected chi connectivity index (χ0v) is 25.9. The Hall–Kier alpha value is -2.65. The standard InChI is InChI=1S/C30H42O8Si/c1-16(2)13-17(31)15-30(6)19-11-12-20(38-39(9,10)29(3,4)5)25-23(19)24-21(37-30)14-18(27(32)34-7)22(26(24)36-25)28(33)35-8/h13-14,19-20,23,25H,11-12,15H2,1-10H3/t19-,20-,23+,25+,30+/m1/s1. The zero-order valence-electron chi connectivity index (χ0n) is 24.9. The molecule has 1 aromatic rings. The van der Waals surface area contributed by atoms with Crippen molar-refractivity contribution in [3.05, 3.63) is 34.4 Å². The summed E-state index contributed by atoms with van der Waals surface area (Å²) >= 11 is 0. The van der Waals surface area contributed by atoms with Crippen LogP contribution in [-0.4, -0.2) is 58.1 Å². The third-order valence-electron chi connectivity index (χ3n) is 8.93. The van der Waals surface area contributed by atoms with E-state index in [9.17, 15) is 14.4 Å². The molecule has 8 nitrogen and oxygen atoms in total. The van der Waals surface area contributed by atoms with Crippen molar-refractivity contribution >= 4 is 26.0 Å². The van der Waals surface area contributed by atoms with E-state index in [0.717, 1.165) is 24.0 Å². The van der Waals surface area contributed by atoms with Crippen molar-refractivity contribution < 1.29 is 37.8 Å². The van der Waals surface area contributed by atoms with Gasteiger partial charge in [0.15, 0.2) is 14.1 Å². The first-order valence-electron chi connectivity index (χ1n) is 13.6. The summed E-state index contributed by atoms with van der Waals surface area (Å²) in [4.78, 5) is 38.9.